The van der Waals surface area contributed by atoms with Gasteiger partial charge in [-0.05, 0) is 51.5 Å². The molecule has 0 aromatic carbocycles. The SMILES string of the molecule is CCc1ccc(CN(C)C2CCCNCC2)o1. The van der Waals surface area contributed by atoms with Crippen molar-refractivity contribution in [2.24, 2.45) is 0 Å². The zero-order chi connectivity index (χ0) is 12.1. The van der Waals surface area contributed by atoms with Gasteiger partial charge in [0, 0.05) is 12.5 Å². The molecule has 3 heteroatoms. The zero-order valence-electron chi connectivity index (χ0n) is 11.0. The van der Waals surface area contributed by atoms with Crippen LogP contribution >= 0.6 is 0 Å². The lowest BCUT2D eigenvalue weighted by atomic mass is 10.1. The molecule has 0 bridgehead atoms. The molecular formula is C14H24N2O. The van der Waals surface area contributed by atoms with Crippen molar-refractivity contribution in [2.45, 2.75) is 45.2 Å². The molecule has 0 amide bonds. The summed E-state index contributed by atoms with van der Waals surface area (Å²) in [5.74, 6) is 2.19. The molecule has 0 spiro atoms. The third-order valence-corrected chi connectivity index (χ3v) is 3.64. The summed E-state index contributed by atoms with van der Waals surface area (Å²) in [7, 11) is 2.21. The lowest BCUT2D eigenvalue weighted by Gasteiger charge is -2.25. The Morgan fingerprint density at radius 2 is 2.12 bits per heavy atom. The van der Waals surface area contributed by atoms with Gasteiger partial charge in [-0.3, -0.25) is 4.90 Å². The van der Waals surface area contributed by atoms with E-state index in [-0.39, 0.29) is 0 Å². The fraction of sp³-hybridized carbons (Fsp3) is 0.714. The molecule has 1 atom stereocenters. The van der Waals surface area contributed by atoms with Crippen LogP contribution in [0, 0.1) is 0 Å². The van der Waals surface area contributed by atoms with Gasteiger partial charge >= 0.3 is 0 Å². The van der Waals surface area contributed by atoms with E-state index in [4.69, 9.17) is 4.42 Å². The second-order valence-corrected chi connectivity index (χ2v) is 4.97. The summed E-state index contributed by atoms with van der Waals surface area (Å²) in [6.07, 6.45) is 4.81. The van der Waals surface area contributed by atoms with Crippen LogP contribution < -0.4 is 5.32 Å². The van der Waals surface area contributed by atoms with Gasteiger partial charge in [0.15, 0.2) is 0 Å². The van der Waals surface area contributed by atoms with Crippen molar-refractivity contribution in [2.75, 3.05) is 20.1 Å². The molecule has 3 nitrogen and oxygen atoms in total. The number of hydrogen-bond donors (Lipinski definition) is 1. The highest BCUT2D eigenvalue weighted by Crippen LogP contribution is 2.16. The first-order chi connectivity index (χ1) is 8.29. The molecule has 1 saturated heterocycles. The summed E-state index contributed by atoms with van der Waals surface area (Å²) in [5, 5.41) is 3.46. The van der Waals surface area contributed by atoms with Gasteiger partial charge in [0.2, 0.25) is 0 Å². The normalized spacial score (nSPS) is 21.7. The molecule has 0 radical (unpaired) electrons. The van der Waals surface area contributed by atoms with Crippen molar-refractivity contribution >= 4 is 0 Å². The van der Waals surface area contributed by atoms with Crippen molar-refractivity contribution in [3.63, 3.8) is 0 Å². The molecule has 1 aliphatic heterocycles. The predicted octanol–water partition coefficient (Wildman–Crippen LogP) is 2.42. The molecule has 2 rings (SSSR count). The largest absolute Gasteiger partial charge is 0.465 e. The average Bonchev–Trinajstić information content (AvgIpc) is 2.62. The Balaban J connectivity index is 1.88. The van der Waals surface area contributed by atoms with Gasteiger partial charge in [-0.1, -0.05) is 6.92 Å². The number of furan rings is 1. The van der Waals surface area contributed by atoms with E-state index in [1.165, 1.54) is 25.8 Å². The maximum Gasteiger partial charge on any atom is 0.118 e. The fourth-order valence-corrected chi connectivity index (χ4v) is 2.51. The average molecular weight is 236 g/mol. The quantitative estimate of drug-likeness (QED) is 0.870. The number of nitrogens with zero attached hydrogens (tertiary/aromatic N) is 1. The van der Waals surface area contributed by atoms with Gasteiger partial charge in [-0.25, -0.2) is 0 Å². The van der Waals surface area contributed by atoms with Crippen molar-refractivity contribution in [3.05, 3.63) is 23.7 Å². The number of rotatable bonds is 4. The highest BCUT2D eigenvalue weighted by Gasteiger charge is 2.17. The first-order valence-electron chi connectivity index (χ1n) is 6.78. The van der Waals surface area contributed by atoms with Gasteiger partial charge in [-0.2, -0.15) is 0 Å². The third-order valence-electron chi connectivity index (χ3n) is 3.64. The Morgan fingerprint density at radius 1 is 1.29 bits per heavy atom. The standard InChI is InChI=1S/C14H24N2O/c1-3-13-6-7-14(17-13)11-16(2)12-5-4-9-15-10-8-12/h6-7,12,15H,3-5,8-11H2,1-2H3. The Kier molecular flexibility index (Phi) is 4.63. The predicted molar refractivity (Wildman–Crippen MR) is 70.1 cm³/mol. The number of nitrogens with one attached hydrogen (secondary N) is 1. The van der Waals surface area contributed by atoms with Crippen LogP contribution in [0.15, 0.2) is 16.5 Å². The van der Waals surface area contributed by atoms with Gasteiger partial charge in [0.25, 0.3) is 0 Å². The molecule has 1 N–H and O–H groups in total. The van der Waals surface area contributed by atoms with Crippen molar-refractivity contribution in [1.82, 2.24) is 10.2 Å². The molecular weight excluding hydrogens is 212 g/mol. The fourth-order valence-electron chi connectivity index (χ4n) is 2.51. The molecule has 1 aromatic heterocycles. The Labute approximate surface area is 104 Å². The number of aryl methyl sites for hydroxylation is 1. The summed E-state index contributed by atoms with van der Waals surface area (Å²) in [5.41, 5.74) is 0. The Hall–Kier alpha value is -0.800. The summed E-state index contributed by atoms with van der Waals surface area (Å²) in [4.78, 5) is 2.44. The molecule has 1 aromatic rings. The Morgan fingerprint density at radius 3 is 2.88 bits per heavy atom. The van der Waals surface area contributed by atoms with Crippen LogP contribution in [0.5, 0.6) is 0 Å². The van der Waals surface area contributed by atoms with Crippen LogP contribution in [0.4, 0.5) is 0 Å². The minimum absolute atomic E-state index is 0.695. The highest BCUT2D eigenvalue weighted by atomic mass is 16.3. The van der Waals surface area contributed by atoms with E-state index in [1.807, 2.05) is 0 Å². The van der Waals surface area contributed by atoms with Crippen molar-refractivity contribution < 1.29 is 4.42 Å². The van der Waals surface area contributed by atoms with Gasteiger partial charge in [0.1, 0.15) is 11.5 Å². The smallest absolute Gasteiger partial charge is 0.118 e. The maximum absolute atomic E-state index is 5.77. The van der Waals surface area contributed by atoms with Crippen molar-refractivity contribution in [1.29, 1.82) is 0 Å². The van der Waals surface area contributed by atoms with Gasteiger partial charge < -0.3 is 9.73 Å². The van der Waals surface area contributed by atoms with Crippen LogP contribution in [0.2, 0.25) is 0 Å². The van der Waals surface area contributed by atoms with E-state index < -0.39 is 0 Å². The highest BCUT2D eigenvalue weighted by molar-refractivity contribution is 5.07. The second kappa shape index (κ2) is 6.22. The zero-order valence-corrected chi connectivity index (χ0v) is 11.0. The van der Waals surface area contributed by atoms with E-state index in [1.54, 1.807) is 0 Å². The van der Waals surface area contributed by atoms with Crippen LogP contribution in [-0.4, -0.2) is 31.1 Å². The minimum Gasteiger partial charge on any atom is -0.465 e. The molecule has 2 heterocycles. The first kappa shape index (κ1) is 12.7. The molecule has 0 saturated carbocycles. The third kappa shape index (κ3) is 3.58. The topological polar surface area (TPSA) is 28.4 Å². The van der Waals surface area contributed by atoms with Crippen molar-refractivity contribution in [3.8, 4) is 0 Å². The lowest BCUT2D eigenvalue weighted by Crippen LogP contribution is -2.31. The molecule has 1 unspecified atom stereocenters. The molecule has 17 heavy (non-hydrogen) atoms. The molecule has 0 aliphatic carbocycles. The van der Waals surface area contributed by atoms with Crippen LogP contribution in [-0.2, 0) is 13.0 Å². The van der Waals surface area contributed by atoms with Crippen LogP contribution in [0.1, 0.15) is 37.7 Å². The summed E-state index contributed by atoms with van der Waals surface area (Å²) >= 11 is 0. The minimum atomic E-state index is 0.695. The van der Waals surface area contributed by atoms with Crippen LogP contribution in [0.25, 0.3) is 0 Å². The molecule has 96 valence electrons. The first-order valence-corrected chi connectivity index (χ1v) is 6.78. The lowest BCUT2D eigenvalue weighted by molar-refractivity contribution is 0.200. The molecule has 1 aliphatic rings. The van der Waals surface area contributed by atoms with Gasteiger partial charge in [-0.15, -0.1) is 0 Å². The van der Waals surface area contributed by atoms with Gasteiger partial charge in [0.05, 0.1) is 6.54 Å². The summed E-state index contributed by atoms with van der Waals surface area (Å²) in [6, 6.07) is 4.91. The summed E-state index contributed by atoms with van der Waals surface area (Å²) in [6.45, 7) is 5.38. The van der Waals surface area contributed by atoms with E-state index in [0.29, 0.717) is 6.04 Å². The van der Waals surface area contributed by atoms with E-state index in [2.05, 4.69) is 36.3 Å². The Bertz CT molecular complexity index is 327. The van der Waals surface area contributed by atoms with Crippen LogP contribution in [0.3, 0.4) is 0 Å². The summed E-state index contributed by atoms with van der Waals surface area (Å²) < 4.78 is 5.77. The van der Waals surface area contributed by atoms with E-state index >= 15 is 0 Å². The monoisotopic (exact) mass is 236 g/mol. The maximum atomic E-state index is 5.77. The van der Waals surface area contributed by atoms with E-state index in [0.717, 1.165) is 31.0 Å². The molecule has 1 fully saturated rings. The number of hydrogen-bond acceptors (Lipinski definition) is 3. The van der Waals surface area contributed by atoms with E-state index in [9.17, 15) is 0 Å². The second-order valence-electron chi connectivity index (χ2n) is 4.97.